The second kappa shape index (κ2) is 22.3. The zero-order valence-electron chi connectivity index (χ0n) is 44.8. The molecule has 3 N–H and O–H groups in total. The van der Waals surface area contributed by atoms with Gasteiger partial charge >= 0.3 is 5.97 Å². The highest BCUT2D eigenvalue weighted by Crippen LogP contribution is 2.57. The van der Waals surface area contributed by atoms with Crippen LogP contribution in [0.15, 0.2) is 11.6 Å². The van der Waals surface area contributed by atoms with Crippen molar-refractivity contribution in [2.24, 2.45) is 47.3 Å². The van der Waals surface area contributed by atoms with E-state index in [1.165, 1.54) is 0 Å². The molecule has 0 aromatic carbocycles. The number of carboxylic acid groups (broad SMARTS) is 1. The Morgan fingerprint density at radius 1 is 0.743 bits per heavy atom. The van der Waals surface area contributed by atoms with Crippen LogP contribution in [-0.2, 0) is 61.7 Å². The third kappa shape index (κ3) is 11.2. The smallest absolute Gasteiger partial charge is 0.306 e. The third-order valence-corrected chi connectivity index (χ3v) is 18.2. The van der Waals surface area contributed by atoms with Crippen LogP contribution in [0.1, 0.15) is 154 Å². The minimum atomic E-state index is -1.86. The fourth-order valence-corrected chi connectivity index (χ4v) is 13.4. The molecule has 0 saturated carbocycles. The number of Topliss-reactive ketones (excluding diaryl/α,β-unsaturated/α-hetero) is 1. The maximum absolute atomic E-state index is 13.6. The molecule has 70 heavy (non-hydrogen) atoms. The molecule has 0 aromatic rings. The van der Waals surface area contributed by atoms with Crippen molar-refractivity contribution in [3.05, 3.63) is 11.6 Å². The van der Waals surface area contributed by atoms with Gasteiger partial charge in [0, 0.05) is 81.3 Å². The first-order valence-electron chi connectivity index (χ1n) is 26.8. The van der Waals surface area contributed by atoms with Gasteiger partial charge in [0.1, 0.15) is 0 Å². The molecule has 0 aromatic heterocycles. The molecule has 2 spiro atoms. The summed E-state index contributed by atoms with van der Waals surface area (Å²) in [4.78, 5) is 25.2. The van der Waals surface area contributed by atoms with Gasteiger partial charge in [0.2, 0.25) is 0 Å². The average Bonchev–Trinajstić information content (AvgIpc) is 3.84. The third-order valence-electron chi connectivity index (χ3n) is 18.2. The van der Waals surface area contributed by atoms with Crippen molar-refractivity contribution in [2.75, 3.05) is 20.8 Å². The molecule has 7 fully saturated rings. The zero-order valence-corrected chi connectivity index (χ0v) is 44.8. The normalized spacial score (nSPS) is 48.4. The Kier molecular flexibility index (Phi) is 17.9. The summed E-state index contributed by atoms with van der Waals surface area (Å²) >= 11 is 0. The topological polar surface area (TPSA) is 196 Å². The van der Waals surface area contributed by atoms with E-state index in [0.717, 1.165) is 25.7 Å². The first kappa shape index (κ1) is 56.1. The molecular formula is C54H90O16. The quantitative estimate of drug-likeness (QED) is 0.127. The molecule has 24 atom stereocenters. The van der Waals surface area contributed by atoms with Gasteiger partial charge in [0.25, 0.3) is 0 Å². The number of rotatable bonds is 16. The lowest BCUT2D eigenvalue weighted by Crippen LogP contribution is -2.63. The van der Waals surface area contributed by atoms with Crippen LogP contribution in [0.25, 0.3) is 0 Å². The molecule has 0 bridgehead atoms. The summed E-state index contributed by atoms with van der Waals surface area (Å²) in [5, 5.41) is 32.0. The Hall–Kier alpha value is -1.64. The number of hydrogen-bond donors (Lipinski definition) is 3. The predicted octanol–water partition coefficient (Wildman–Crippen LogP) is 7.71. The van der Waals surface area contributed by atoms with Gasteiger partial charge in [-0.15, -0.1) is 0 Å². The number of ketones is 1. The summed E-state index contributed by atoms with van der Waals surface area (Å²) in [7, 11) is 3.40. The Labute approximate surface area is 417 Å². The predicted molar refractivity (Wildman–Crippen MR) is 257 cm³/mol. The molecule has 7 aliphatic heterocycles. The summed E-state index contributed by atoms with van der Waals surface area (Å²) in [6.45, 7) is 23.2. The van der Waals surface area contributed by atoms with E-state index in [4.69, 9.17) is 52.1 Å². The first-order valence-corrected chi connectivity index (χ1v) is 26.8. The lowest BCUT2D eigenvalue weighted by atomic mass is 9.77. The molecule has 7 rings (SSSR count). The molecule has 2 unspecified atom stereocenters. The maximum atomic E-state index is 13.6. The van der Waals surface area contributed by atoms with Crippen molar-refractivity contribution >= 4 is 11.8 Å². The van der Waals surface area contributed by atoms with Gasteiger partial charge < -0.3 is 67.4 Å². The van der Waals surface area contributed by atoms with Gasteiger partial charge in [-0.2, -0.15) is 0 Å². The summed E-state index contributed by atoms with van der Waals surface area (Å²) in [5.74, 6) is -7.12. The zero-order chi connectivity index (χ0) is 51.2. The first-order chi connectivity index (χ1) is 32.9. The monoisotopic (exact) mass is 995 g/mol. The van der Waals surface area contributed by atoms with Crippen molar-refractivity contribution in [3.8, 4) is 0 Å². The second-order valence-electron chi connectivity index (χ2n) is 23.2. The summed E-state index contributed by atoms with van der Waals surface area (Å²) in [6, 6.07) is 0. The Bertz CT molecular complexity index is 1820. The number of ether oxygens (including phenoxy) is 11. The van der Waals surface area contributed by atoms with E-state index in [1.807, 2.05) is 26.8 Å². The number of methoxy groups -OCH3 is 2. The van der Waals surface area contributed by atoms with Gasteiger partial charge in [0.05, 0.1) is 79.2 Å². The molecule has 0 radical (unpaired) electrons. The van der Waals surface area contributed by atoms with Crippen LogP contribution in [0.3, 0.4) is 0 Å². The van der Waals surface area contributed by atoms with Crippen LogP contribution in [0.2, 0.25) is 0 Å². The minimum Gasteiger partial charge on any atom is -0.481 e. The Balaban J connectivity index is 1.10. The standard InChI is InChI=1S/C54H90O16/c1-28(23-29(2)47(56)30(3)24-31(4)50(57)58)41-26-42(64-45-19-16-39(60-13)37(10)62-45)35(8)53(66-41)22-21-51(12,70-53)44-18-15-32(5)54(68-44)33(6)25-43(67-54)49-34(7)48(36(9)52(59,27-55)69-49)65-46-20-17-40(61-14)38(11)63-46/h23,28,30-46,48-49,55,59H,15-22,24-27H2,1-14H3,(H,57,58)/b29-23+/t28-,30+,31+,32?,33-,34-,35+,36-,37+,38+,39-,40-,41-,42+,43+,44+,45-,46-,48-,49-,51-,52-,53+,54?/m0/s1. The number of allylic oxidation sites excluding steroid dienone is 1. The van der Waals surface area contributed by atoms with Crippen molar-refractivity contribution in [1.82, 2.24) is 0 Å². The lowest BCUT2D eigenvalue weighted by molar-refractivity contribution is -0.389. The molecule has 16 nitrogen and oxygen atoms in total. The van der Waals surface area contributed by atoms with Gasteiger partial charge in [0.15, 0.2) is 35.7 Å². The van der Waals surface area contributed by atoms with Crippen molar-refractivity contribution in [1.29, 1.82) is 0 Å². The van der Waals surface area contributed by atoms with Crippen LogP contribution >= 0.6 is 0 Å². The molecule has 0 amide bonds. The molecule has 16 heteroatoms. The van der Waals surface area contributed by atoms with Gasteiger partial charge in [-0.3, -0.25) is 9.59 Å². The lowest BCUT2D eigenvalue weighted by Gasteiger charge is -2.53. The van der Waals surface area contributed by atoms with Crippen LogP contribution < -0.4 is 0 Å². The average molecular weight is 995 g/mol. The molecule has 7 saturated heterocycles. The number of aliphatic hydroxyl groups excluding tert-OH is 1. The maximum Gasteiger partial charge on any atom is 0.306 e. The largest absolute Gasteiger partial charge is 0.481 e. The fourth-order valence-electron chi connectivity index (χ4n) is 13.4. The molecule has 7 heterocycles. The summed E-state index contributed by atoms with van der Waals surface area (Å²) in [6.07, 6.45) is 5.34. The number of carbonyl (C=O) groups is 2. The number of aliphatic hydroxyl groups is 2. The highest BCUT2D eigenvalue weighted by Gasteiger charge is 2.65. The number of aliphatic carboxylic acids is 1. The fraction of sp³-hybridized carbons (Fsp3) is 0.926. The highest BCUT2D eigenvalue weighted by molar-refractivity contribution is 5.96. The van der Waals surface area contributed by atoms with E-state index >= 15 is 0 Å². The van der Waals surface area contributed by atoms with E-state index in [-0.39, 0.29) is 84.5 Å². The molecule has 402 valence electrons. The van der Waals surface area contributed by atoms with E-state index < -0.39 is 84.2 Å². The van der Waals surface area contributed by atoms with E-state index in [9.17, 15) is 24.9 Å². The van der Waals surface area contributed by atoms with Crippen LogP contribution in [0.5, 0.6) is 0 Å². The minimum absolute atomic E-state index is 0.00713. The number of carbonyl (C=O) groups excluding carboxylic acids is 1. The Morgan fingerprint density at radius 2 is 1.37 bits per heavy atom. The Morgan fingerprint density at radius 3 is 1.96 bits per heavy atom. The highest BCUT2D eigenvalue weighted by atomic mass is 16.8. The molecular weight excluding hydrogens is 905 g/mol. The van der Waals surface area contributed by atoms with Crippen molar-refractivity contribution < 1.29 is 77.0 Å². The van der Waals surface area contributed by atoms with Crippen LogP contribution in [0, 0.1) is 47.3 Å². The number of carboxylic acids is 1. The van der Waals surface area contributed by atoms with E-state index in [2.05, 4.69) is 41.5 Å². The van der Waals surface area contributed by atoms with Gasteiger partial charge in [-0.05, 0) is 78.2 Å². The summed E-state index contributed by atoms with van der Waals surface area (Å²) < 4.78 is 73.3. The second-order valence-corrected chi connectivity index (χ2v) is 23.2. The van der Waals surface area contributed by atoms with Crippen LogP contribution in [-0.4, -0.2) is 144 Å². The van der Waals surface area contributed by atoms with Crippen molar-refractivity contribution in [2.45, 2.75) is 250 Å². The van der Waals surface area contributed by atoms with Crippen molar-refractivity contribution in [3.63, 3.8) is 0 Å². The number of hydrogen-bond acceptors (Lipinski definition) is 15. The van der Waals surface area contributed by atoms with E-state index in [1.54, 1.807) is 35.0 Å². The van der Waals surface area contributed by atoms with E-state index in [0.29, 0.717) is 44.1 Å². The summed E-state index contributed by atoms with van der Waals surface area (Å²) in [5.41, 5.74) is -0.186. The van der Waals surface area contributed by atoms with Gasteiger partial charge in [-0.25, -0.2) is 0 Å². The molecule has 7 aliphatic rings. The molecule has 0 aliphatic carbocycles. The SMILES string of the molecule is CO[C@H]1CC[C@H](O[C@H]2[C@H](C)[C@@H]([C@H]3C[C@H](C)C4(O3)O[C@@H]([C@]3(C)CC[C@@]5(O[C@H]([C@@H](C)/C=C(\C)C(=O)[C@H](C)C[C@@H](C)C(=O)O)C[C@@H](O[C@H]6CC[C@H](OC)[C@@H](C)O6)[C@H]5C)O3)CCC4C)O[C@@](O)(CO)[C@H]2C)O[C@@H]1C. The van der Waals surface area contributed by atoms with Crippen LogP contribution in [0.4, 0.5) is 0 Å². The van der Waals surface area contributed by atoms with Gasteiger partial charge in [-0.1, -0.05) is 61.5 Å².